The molecule has 0 aliphatic heterocycles. The van der Waals surface area contributed by atoms with Gasteiger partial charge >= 0.3 is 0 Å². The minimum Gasteiger partial charge on any atom is -0.355 e. The number of amides is 1. The maximum Gasteiger partial charge on any atom is 0.242 e. The van der Waals surface area contributed by atoms with E-state index in [1.54, 1.807) is 0 Å². The lowest BCUT2D eigenvalue weighted by Crippen LogP contribution is -2.38. The third-order valence-corrected chi connectivity index (χ3v) is 5.58. The molecule has 1 amide bonds. The van der Waals surface area contributed by atoms with Crippen LogP contribution in [0.2, 0.25) is 0 Å². The number of carbonyl (C=O) groups is 1. The van der Waals surface area contributed by atoms with Crippen molar-refractivity contribution in [3.63, 3.8) is 0 Å². The van der Waals surface area contributed by atoms with Gasteiger partial charge in [0.2, 0.25) is 17.6 Å². The standard InChI is InChI=1S/C16H21N3O4S/c1-4-9-17-16(20)12(3)24(21,22)10-14-18-15(19-23-14)13-8-6-5-7-11(13)2/h5-8,12H,4,9-10H2,1-3H3,(H,17,20). The van der Waals surface area contributed by atoms with Crippen LogP contribution in [0.1, 0.15) is 31.7 Å². The number of hydrogen-bond acceptors (Lipinski definition) is 6. The maximum absolute atomic E-state index is 12.3. The first-order chi connectivity index (χ1) is 11.3. The molecule has 0 aliphatic rings. The highest BCUT2D eigenvalue weighted by atomic mass is 32.2. The van der Waals surface area contributed by atoms with Crippen molar-refractivity contribution in [2.45, 2.75) is 38.2 Å². The molecular formula is C16H21N3O4S. The summed E-state index contributed by atoms with van der Waals surface area (Å²) in [6.07, 6.45) is 0.738. The average Bonchev–Trinajstić information content (AvgIpc) is 2.99. The normalized spacial score (nSPS) is 12.8. The summed E-state index contributed by atoms with van der Waals surface area (Å²) in [5.74, 6) is -0.674. The van der Waals surface area contributed by atoms with Crippen LogP contribution in [0.5, 0.6) is 0 Å². The molecule has 0 radical (unpaired) electrons. The summed E-state index contributed by atoms with van der Waals surface area (Å²) in [4.78, 5) is 16.0. The number of benzene rings is 1. The van der Waals surface area contributed by atoms with E-state index in [0.717, 1.165) is 17.5 Å². The monoisotopic (exact) mass is 351 g/mol. The number of hydrogen-bond donors (Lipinski definition) is 1. The molecule has 1 atom stereocenters. The van der Waals surface area contributed by atoms with Gasteiger partial charge in [0.05, 0.1) is 0 Å². The second kappa shape index (κ2) is 7.57. The van der Waals surface area contributed by atoms with E-state index in [2.05, 4.69) is 15.5 Å². The molecule has 1 N–H and O–H groups in total. The zero-order valence-electron chi connectivity index (χ0n) is 13.9. The number of aryl methyl sites for hydroxylation is 1. The summed E-state index contributed by atoms with van der Waals surface area (Å²) in [5.41, 5.74) is 1.73. The minimum absolute atomic E-state index is 0.0246. The highest BCUT2D eigenvalue weighted by molar-refractivity contribution is 7.92. The first kappa shape index (κ1) is 18.1. The number of carbonyl (C=O) groups excluding carboxylic acids is 1. The summed E-state index contributed by atoms with van der Waals surface area (Å²) in [5, 5.41) is 5.24. The molecule has 130 valence electrons. The number of aromatic nitrogens is 2. The lowest BCUT2D eigenvalue weighted by molar-refractivity contribution is -0.120. The number of sulfone groups is 1. The van der Waals surface area contributed by atoms with Crippen molar-refractivity contribution in [1.82, 2.24) is 15.5 Å². The van der Waals surface area contributed by atoms with E-state index in [0.29, 0.717) is 12.4 Å². The second-order valence-corrected chi connectivity index (χ2v) is 7.89. The van der Waals surface area contributed by atoms with Crippen LogP contribution < -0.4 is 5.32 Å². The van der Waals surface area contributed by atoms with Crippen LogP contribution in [0.25, 0.3) is 11.4 Å². The van der Waals surface area contributed by atoms with Gasteiger partial charge in [-0.1, -0.05) is 36.3 Å². The summed E-state index contributed by atoms with van der Waals surface area (Å²) < 4.78 is 29.7. The van der Waals surface area contributed by atoms with Gasteiger partial charge in [-0.15, -0.1) is 0 Å². The molecular weight excluding hydrogens is 330 g/mol. The van der Waals surface area contributed by atoms with Crippen LogP contribution in [-0.4, -0.2) is 36.3 Å². The lowest BCUT2D eigenvalue weighted by atomic mass is 10.1. The third kappa shape index (κ3) is 4.19. The lowest BCUT2D eigenvalue weighted by Gasteiger charge is -2.11. The quantitative estimate of drug-likeness (QED) is 0.817. The molecule has 1 heterocycles. The highest BCUT2D eigenvalue weighted by Crippen LogP contribution is 2.21. The highest BCUT2D eigenvalue weighted by Gasteiger charge is 2.30. The van der Waals surface area contributed by atoms with E-state index in [1.165, 1.54) is 6.92 Å². The van der Waals surface area contributed by atoms with Crippen LogP contribution >= 0.6 is 0 Å². The molecule has 7 nitrogen and oxygen atoms in total. The molecule has 0 saturated heterocycles. The Morgan fingerprint density at radius 1 is 1.33 bits per heavy atom. The molecule has 24 heavy (non-hydrogen) atoms. The first-order valence-corrected chi connectivity index (χ1v) is 9.44. The van der Waals surface area contributed by atoms with Crippen molar-refractivity contribution < 1.29 is 17.7 Å². The Labute approximate surface area is 141 Å². The van der Waals surface area contributed by atoms with Crippen molar-refractivity contribution in [1.29, 1.82) is 0 Å². The smallest absolute Gasteiger partial charge is 0.242 e. The molecule has 1 aromatic carbocycles. The fourth-order valence-electron chi connectivity index (χ4n) is 2.10. The van der Waals surface area contributed by atoms with Gasteiger partial charge < -0.3 is 9.84 Å². The fourth-order valence-corrected chi connectivity index (χ4v) is 3.22. The molecule has 0 saturated carbocycles. The Morgan fingerprint density at radius 2 is 2.04 bits per heavy atom. The SMILES string of the molecule is CCCNC(=O)C(C)S(=O)(=O)Cc1nc(-c2ccccc2C)no1. The Bertz CT molecular complexity index is 814. The van der Waals surface area contributed by atoms with Gasteiger partial charge in [-0.25, -0.2) is 8.42 Å². The van der Waals surface area contributed by atoms with Crippen molar-refractivity contribution in [3.8, 4) is 11.4 Å². The molecule has 2 rings (SSSR count). The van der Waals surface area contributed by atoms with Crippen LogP contribution in [-0.2, 0) is 20.4 Å². The average molecular weight is 351 g/mol. The van der Waals surface area contributed by atoms with Crippen molar-refractivity contribution in [3.05, 3.63) is 35.7 Å². The van der Waals surface area contributed by atoms with Gasteiger partial charge in [0.25, 0.3) is 0 Å². The minimum atomic E-state index is -3.73. The first-order valence-electron chi connectivity index (χ1n) is 7.73. The molecule has 0 aliphatic carbocycles. The number of nitrogens with one attached hydrogen (secondary N) is 1. The van der Waals surface area contributed by atoms with Gasteiger partial charge in [-0.2, -0.15) is 4.98 Å². The second-order valence-electron chi connectivity index (χ2n) is 5.57. The zero-order chi connectivity index (χ0) is 17.7. The Balaban J connectivity index is 2.14. The number of nitrogens with zero attached hydrogens (tertiary/aromatic N) is 2. The predicted molar refractivity (Wildman–Crippen MR) is 89.9 cm³/mol. The maximum atomic E-state index is 12.3. The summed E-state index contributed by atoms with van der Waals surface area (Å²) >= 11 is 0. The summed E-state index contributed by atoms with van der Waals surface area (Å²) in [6, 6.07) is 7.47. The van der Waals surface area contributed by atoms with Gasteiger partial charge in [-0.05, 0) is 25.8 Å². The topological polar surface area (TPSA) is 102 Å². The molecule has 2 aromatic rings. The van der Waals surface area contributed by atoms with E-state index < -0.39 is 26.7 Å². The van der Waals surface area contributed by atoms with E-state index >= 15 is 0 Å². The molecule has 8 heteroatoms. The Kier molecular flexibility index (Phi) is 5.71. The largest absolute Gasteiger partial charge is 0.355 e. The van der Waals surface area contributed by atoms with Gasteiger partial charge in [0.1, 0.15) is 11.0 Å². The van der Waals surface area contributed by atoms with E-state index in [1.807, 2.05) is 38.1 Å². The molecule has 0 bridgehead atoms. The Morgan fingerprint density at radius 3 is 2.71 bits per heavy atom. The zero-order valence-corrected chi connectivity index (χ0v) is 14.8. The van der Waals surface area contributed by atoms with Crippen LogP contribution in [0, 0.1) is 6.92 Å². The molecule has 1 unspecified atom stereocenters. The summed E-state index contributed by atoms with van der Waals surface area (Å²) in [7, 11) is -3.73. The Hall–Kier alpha value is -2.22. The third-order valence-electron chi connectivity index (χ3n) is 3.64. The van der Waals surface area contributed by atoms with Gasteiger partial charge in [0, 0.05) is 12.1 Å². The van der Waals surface area contributed by atoms with Gasteiger partial charge in [0.15, 0.2) is 9.84 Å². The van der Waals surface area contributed by atoms with Crippen LogP contribution in [0.15, 0.2) is 28.8 Å². The number of rotatable bonds is 7. The van der Waals surface area contributed by atoms with Crippen molar-refractivity contribution in [2.75, 3.05) is 6.54 Å². The van der Waals surface area contributed by atoms with Gasteiger partial charge in [-0.3, -0.25) is 4.79 Å². The van der Waals surface area contributed by atoms with Crippen LogP contribution in [0.3, 0.4) is 0 Å². The van der Waals surface area contributed by atoms with E-state index in [9.17, 15) is 13.2 Å². The predicted octanol–water partition coefficient (Wildman–Crippen LogP) is 1.87. The summed E-state index contributed by atoms with van der Waals surface area (Å²) in [6.45, 7) is 5.60. The van der Waals surface area contributed by atoms with Crippen molar-refractivity contribution >= 4 is 15.7 Å². The van der Waals surface area contributed by atoms with E-state index in [4.69, 9.17) is 4.52 Å². The molecule has 0 fully saturated rings. The molecule has 1 aromatic heterocycles. The van der Waals surface area contributed by atoms with E-state index in [-0.39, 0.29) is 5.89 Å². The fraction of sp³-hybridized carbons (Fsp3) is 0.438. The van der Waals surface area contributed by atoms with Crippen LogP contribution in [0.4, 0.5) is 0 Å². The van der Waals surface area contributed by atoms with Crippen molar-refractivity contribution in [2.24, 2.45) is 0 Å². The molecule has 0 spiro atoms.